The molecule has 3 N–H and O–H groups in total. The van der Waals surface area contributed by atoms with Crippen LogP contribution in [0.15, 0.2) is 36.7 Å². The van der Waals surface area contributed by atoms with Crippen LogP contribution in [0.25, 0.3) is 0 Å². The first kappa shape index (κ1) is 11.8. The fraction of sp³-hybridized carbons (Fsp3) is 0.308. The maximum Gasteiger partial charge on any atom is 0.105 e. The van der Waals surface area contributed by atoms with Gasteiger partial charge in [-0.2, -0.15) is 0 Å². The molecule has 2 rings (SSSR count). The molecule has 0 spiro atoms. The summed E-state index contributed by atoms with van der Waals surface area (Å²) in [4.78, 5) is 4.13. The molecule has 0 amide bonds. The van der Waals surface area contributed by atoms with Crippen LogP contribution in [-0.2, 0) is 13.1 Å². The van der Waals surface area contributed by atoms with Gasteiger partial charge in [-0.3, -0.25) is 0 Å². The van der Waals surface area contributed by atoms with Crippen molar-refractivity contribution in [2.75, 3.05) is 0 Å². The van der Waals surface area contributed by atoms with E-state index >= 15 is 0 Å². The van der Waals surface area contributed by atoms with Crippen molar-refractivity contribution < 1.29 is 5.11 Å². The van der Waals surface area contributed by atoms with Crippen molar-refractivity contribution in [1.82, 2.24) is 9.55 Å². The van der Waals surface area contributed by atoms with Crippen LogP contribution in [-0.4, -0.2) is 14.7 Å². The van der Waals surface area contributed by atoms with E-state index in [1.165, 1.54) is 0 Å². The molecule has 0 aliphatic carbocycles. The minimum absolute atomic E-state index is 0.519. The summed E-state index contributed by atoms with van der Waals surface area (Å²) in [5.41, 5.74) is 7.50. The summed E-state index contributed by atoms with van der Waals surface area (Å²) in [5.74, 6) is 0.905. The second kappa shape index (κ2) is 5.12. The molecule has 4 nitrogen and oxygen atoms in total. The quantitative estimate of drug-likeness (QED) is 0.835. The molecular formula is C13H17N3O. The van der Waals surface area contributed by atoms with E-state index in [0.29, 0.717) is 13.1 Å². The van der Waals surface area contributed by atoms with Gasteiger partial charge >= 0.3 is 0 Å². The predicted molar refractivity (Wildman–Crippen MR) is 66.3 cm³/mol. The minimum atomic E-state index is -0.519. The Morgan fingerprint density at radius 3 is 2.59 bits per heavy atom. The van der Waals surface area contributed by atoms with Gasteiger partial charge in [0, 0.05) is 18.9 Å². The Morgan fingerprint density at radius 2 is 2.06 bits per heavy atom. The predicted octanol–water partition coefficient (Wildman–Crippen LogP) is 1.38. The van der Waals surface area contributed by atoms with Crippen molar-refractivity contribution in [3.63, 3.8) is 0 Å². The highest BCUT2D eigenvalue weighted by Gasteiger charge is 2.09. The van der Waals surface area contributed by atoms with E-state index in [2.05, 4.69) is 4.98 Å². The summed E-state index contributed by atoms with van der Waals surface area (Å²) < 4.78 is 1.93. The van der Waals surface area contributed by atoms with Gasteiger partial charge in [-0.1, -0.05) is 24.3 Å². The van der Waals surface area contributed by atoms with Crippen LogP contribution >= 0.6 is 0 Å². The highest BCUT2D eigenvalue weighted by molar-refractivity contribution is 5.24. The maximum absolute atomic E-state index is 10.1. The summed E-state index contributed by atoms with van der Waals surface area (Å²) in [6.07, 6.45) is 3.08. The van der Waals surface area contributed by atoms with Gasteiger partial charge in [-0.25, -0.2) is 4.98 Å². The molecule has 0 bridgehead atoms. The summed E-state index contributed by atoms with van der Waals surface area (Å²) in [7, 11) is 0. The Balaban J connectivity index is 2.09. The van der Waals surface area contributed by atoms with Gasteiger partial charge in [0.1, 0.15) is 5.82 Å². The van der Waals surface area contributed by atoms with E-state index in [-0.39, 0.29) is 0 Å². The van der Waals surface area contributed by atoms with Crippen LogP contribution in [0.3, 0.4) is 0 Å². The topological polar surface area (TPSA) is 64.1 Å². The summed E-state index contributed by atoms with van der Waals surface area (Å²) in [6.45, 7) is 2.97. The van der Waals surface area contributed by atoms with Crippen LogP contribution in [0.1, 0.15) is 23.1 Å². The summed E-state index contributed by atoms with van der Waals surface area (Å²) in [6, 6.07) is 7.72. The molecule has 0 saturated carbocycles. The molecule has 0 saturated heterocycles. The van der Waals surface area contributed by atoms with Crippen LogP contribution in [0, 0.1) is 6.92 Å². The van der Waals surface area contributed by atoms with Crippen molar-refractivity contribution >= 4 is 0 Å². The van der Waals surface area contributed by atoms with Gasteiger partial charge in [0.15, 0.2) is 0 Å². The van der Waals surface area contributed by atoms with Crippen LogP contribution in [0.5, 0.6) is 0 Å². The second-order valence-electron chi connectivity index (χ2n) is 4.09. The Kier molecular flexibility index (Phi) is 3.56. The van der Waals surface area contributed by atoms with Gasteiger partial charge in [0.05, 0.1) is 12.6 Å². The van der Waals surface area contributed by atoms with E-state index in [0.717, 1.165) is 17.0 Å². The molecule has 90 valence electrons. The van der Waals surface area contributed by atoms with Crippen molar-refractivity contribution in [1.29, 1.82) is 0 Å². The maximum atomic E-state index is 10.1. The average molecular weight is 231 g/mol. The van der Waals surface area contributed by atoms with Gasteiger partial charge < -0.3 is 15.4 Å². The number of aliphatic hydroxyl groups is 1. The van der Waals surface area contributed by atoms with Crippen LogP contribution < -0.4 is 5.73 Å². The molecule has 1 unspecified atom stereocenters. The first-order chi connectivity index (χ1) is 8.20. The number of aromatic nitrogens is 2. The number of rotatable bonds is 4. The first-order valence-electron chi connectivity index (χ1n) is 5.65. The van der Waals surface area contributed by atoms with Gasteiger partial charge in [-0.05, 0) is 18.1 Å². The number of aryl methyl sites for hydroxylation is 1. The zero-order chi connectivity index (χ0) is 12.3. The number of nitrogens with zero attached hydrogens (tertiary/aromatic N) is 2. The molecule has 1 aromatic heterocycles. The normalized spacial score (nSPS) is 12.6. The molecule has 2 aromatic rings. The lowest BCUT2D eigenvalue weighted by Gasteiger charge is -2.13. The molecule has 1 heterocycles. The Labute approximate surface area is 101 Å². The Bertz CT molecular complexity index is 476. The number of hydrogen-bond acceptors (Lipinski definition) is 3. The second-order valence-corrected chi connectivity index (χ2v) is 4.09. The highest BCUT2D eigenvalue weighted by atomic mass is 16.3. The average Bonchev–Trinajstić information content (AvgIpc) is 2.75. The minimum Gasteiger partial charge on any atom is -0.387 e. The zero-order valence-electron chi connectivity index (χ0n) is 9.87. The molecule has 0 fully saturated rings. The smallest absolute Gasteiger partial charge is 0.105 e. The van der Waals surface area contributed by atoms with E-state index in [4.69, 9.17) is 5.73 Å². The zero-order valence-corrected chi connectivity index (χ0v) is 9.87. The summed E-state index contributed by atoms with van der Waals surface area (Å²) in [5, 5.41) is 10.1. The molecule has 0 aliphatic heterocycles. The standard InChI is InChI=1S/C13H17N3O/c1-10-15-6-7-16(10)9-13(17)12-4-2-11(8-14)3-5-12/h2-7,13,17H,8-9,14H2,1H3. The molecule has 0 aliphatic rings. The van der Waals surface area contributed by atoms with Gasteiger partial charge in [0.25, 0.3) is 0 Å². The monoisotopic (exact) mass is 231 g/mol. The molecule has 4 heteroatoms. The van der Waals surface area contributed by atoms with Crippen molar-refractivity contribution in [2.45, 2.75) is 26.1 Å². The van der Waals surface area contributed by atoms with Crippen molar-refractivity contribution in [3.05, 3.63) is 53.6 Å². The van der Waals surface area contributed by atoms with Crippen molar-refractivity contribution in [2.24, 2.45) is 5.73 Å². The lowest BCUT2D eigenvalue weighted by atomic mass is 10.1. The third-order valence-corrected chi connectivity index (χ3v) is 2.89. The lowest BCUT2D eigenvalue weighted by molar-refractivity contribution is 0.155. The first-order valence-corrected chi connectivity index (χ1v) is 5.65. The SMILES string of the molecule is Cc1nccn1CC(O)c1ccc(CN)cc1. The number of imidazole rings is 1. The Morgan fingerprint density at radius 1 is 1.35 bits per heavy atom. The molecule has 0 radical (unpaired) electrons. The number of hydrogen-bond donors (Lipinski definition) is 2. The highest BCUT2D eigenvalue weighted by Crippen LogP contribution is 2.16. The fourth-order valence-electron chi connectivity index (χ4n) is 1.76. The van der Waals surface area contributed by atoms with Crippen LogP contribution in [0.2, 0.25) is 0 Å². The van der Waals surface area contributed by atoms with Crippen LogP contribution in [0.4, 0.5) is 0 Å². The number of benzene rings is 1. The van der Waals surface area contributed by atoms with Gasteiger partial charge in [-0.15, -0.1) is 0 Å². The molecular weight excluding hydrogens is 214 g/mol. The summed E-state index contributed by atoms with van der Waals surface area (Å²) >= 11 is 0. The number of aliphatic hydroxyl groups excluding tert-OH is 1. The third kappa shape index (κ3) is 2.72. The van der Waals surface area contributed by atoms with E-state index in [1.54, 1.807) is 6.20 Å². The largest absolute Gasteiger partial charge is 0.387 e. The molecule has 1 aromatic carbocycles. The van der Waals surface area contributed by atoms with Gasteiger partial charge in [0.2, 0.25) is 0 Å². The number of nitrogens with two attached hydrogens (primary N) is 1. The lowest BCUT2D eigenvalue weighted by Crippen LogP contribution is -2.09. The molecule has 1 atom stereocenters. The Hall–Kier alpha value is -1.65. The molecule has 17 heavy (non-hydrogen) atoms. The van der Waals surface area contributed by atoms with E-state index < -0.39 is 6.10 Å². The van der Waals surface area contributed by atoms with Crippen molar-refractivity contribution in [3.8, 4) is 0 Å². The fourth-order valence-corrected chi connectivity index (χ4v) is 1.76. The van der Waals surface area contributed by atoms with E-state index in [1.807, 2.05) is 42.0 Å². The third-order valence-electron chi connectivity index (χ3n) is 2.89. The van der Waals surface area contributed by atoms with E-state index in [9.17, 15) is 5.11 Å².